The highest BCUT2D eigenvalue weighted by molar-refractivity contribution is 6.10. The molecule has 0 bridgehead atoms. The number of anilines is 4. The van der Waals surface area contributed by atoms with E-state index in [1.54, 1.807) is 0 Å². The minimum atomic E-state index is 0.853. The SMILES string of the molecule is CN1C=CN(c2ccc3c(c2)N(c2ccc4c5ccccc5n(-c5ccccn5)c4c2)c2ccccc2CC3)C1. The number of pyridine rings is 1. The molecule has 2 aliphatic heterocycles. The first kappa shape index (κ1) is 22.9. The molecule has 4 heterocycles. The normalized spacial score (nSPS) is 14.6. The summed E-state index contributed by atoms with van der Waals surface area (Å²) in [5.41, 5.74) is 9.88. The molecule has 0 aliphatic carbocycles. The summed E-state index contributed by atoms with van der Waals surface area (Å²) >= 11 is 0. The van der Waals surface area contributed by atoms with Crippen molar-refractivity contribution in [1.82, 2.24) is 14.5 Å². The minimum Gasteiger partial charge on any atom is -0.361 e. The van der Waals surface area contributed by atoms with Gasteiger partial charge in [0.25, 0.3) is 0 Å². The molecule has 5 heteroatoms. The number of rotatable bonds is 3. The largest absolute Gasteiger partial charge is 0.361 e. The highest BCUT2D eigenvalue weighted by atomic mass is 15.3. The van der Waals surface area contributed by atoms with Gasteiger partial charge in [-0.05, 0) is 72.5 Å². The highest BCUT2D eigenvalue weighted by Gasteiger charge is 2.25. The fourth-order valence-corrected chi connectivity index (χ4v) is 6.30. The lowest BCUT2D eigenvalue weighted by Crippen LogP contribution is -2.22. The van der Waals surface area contributed by atoms with Crippen molar-refractivity contribution in [3.05, 3.63) is 133 Å². The standard InChI is InChI=1S/C35H29N5/c1-37-20-21-38(24-37)27-16-15-26-14-13-25-8-2-4-10-31(25)39(33(26)22-27)28-17-18-30-29-9-3-5-11-32(29)40(34(30)23-28)35-12-6-7-19-36-35/h2-12,15-23H,13-14,24H2,1H3. The van der Waals surface area contributed by atoms with Crippen LogP contribution in [0.4, 0.5) is 22.7 Å². The van der Waals surface area contributed by atoms with Crippen molar-refractivity contribution in [3.63, 3.8) is 0 Å². The third-order valence-electron chi connectivity index (χ3n) is 8.21. The summed E-state index contributed by atoms with van der Waals surface area (Å²) in [5, 5.41) is 2.46. The molecule has 0 saturated heterocycles. The lowest BCUT2D eigenvalue weighted by Gasteiger charge is -2.29. The Morgan fingerprint density at radius 2 is 1.40 bits per heavy atom. The first-order chi connectivity index (χ1) is 19.7. The zero-order valence-electron chi connectivity index (χ0n) is 22.4. The van der Waals surface area contributed by atoms with Crippen molar-refractivity contribution in [2.45, 2.75) is 12.8 Å². The summed E-state index contributed by atoms with van der Waals surface area (Å²) in [6.07, 6.45) is 8.18. The van der Waals surface area contributed by atoms with Crippen molar-refractivity contribution in [2.75, 3.05) is 23.5 Å². The molecular weight excluding hydrogens is 490 g/mol. The van der Waals surface area contributed by atoms with Crippen molar-refractivity contribution < 1.29 is 0 Å². The van der Waals surface area contributed by atoms with Gasteiger partial charge in [0.1, 0.15) is 5.82 Å². The fraction of sp³-hybridized carbons (Fsp3) is 0.114. The zero-order valence-corrected chi connectivity index (χ0v) is 22.4. The summed E-state index contributed by atoms with van der Waals surface area (Å²) < 4.78 is 2.29. The van der Waals surface area contributed by atoms with Crippen LogP contribution in [-0.4, -0.2) is 28.2 Å². The van der Waals surface area contributed by atoms with E-state index in [1.807, 2.05) is 12.3 Å². The number of hydrogen-bond acceptors (Lipinski definition) is 4. The Balaban J connectivity index is 1.38. The highest BCUT2D eigenvalue weighted by Crippen LogP contribution is 2.45. The van der Waals surface area contributed by atoms with Crippen LogP contribution in [0.3, 0.4) is 0 Å². The third kappa shape index (κ3) is 3.58. The molecule has 0 spiro atoms. The number of hydrogen-bond donors (Lipinski definition) is 0. The number of benzene rings is 4. The van der Waals surface area contributed by atoms with E-state index in [1.165, 1.54) is 39.0 Å². The summed E-state index contributed by atoms with van der Waals surface area (Å²) in [7, 11) is 2.11. The number of fused-ring (bicyclic) bond motifs is 5. The third-order valence-corrected chi connectivity index (χ3v) is 8.21. The predicted octanol–water partition coefficient (Wildman–Crippen LogP) is 7.93. The van der Waals surface area contributed by atoms with Crippen LogP contribution in [0, 0.1) is 0 Å². The first-order valence-electron chi connectivity index (χ1n) is 13.9. The van der Waals surface area contributed by atoms with Crippen LogP contribution >= 0.6 is 0 Å². The second-order valence-electron chi connectivity index (χ2n) is 10.7. The summed E-state index contributed by atoms with van der Waals surface area (Å²) in [6.45, 7) is 0.853. The number of para-hydroxylation sites is 2. The van der Waals surface area contributed by atoms with E-state index in [9.17, 15) is 0 Å². The first-order valence-corrected chi connectivity index (χ1v) is 13.9. The average molecular weight is 520 g/mol. The van der Waals surface area contributed by atoms with Gasteiger partial charge in [0.2, 0.25) is 0 Å². The Kier molecular flexibility index (Phi) is 5.17. The van der Waals surface area contributed by atoms with Crippen LogP contribution in [0.1, 0.15) is 11.1 Å². The van der Waals surface area contributed by atoms with E-state index in [2.05, 4.69) is 136 Å². The summed E-state index contributed by atoms with van der Waals surface area (Å²) in [6, 6.07) is 37.4. The van der Waals surface area contributed by atoms with Gasteiger partial charge >= 0.3 is 0 Å². The van der Waals surface area contributed by atoms with E-state index < -0.39 is 0 Å². The van der Waals surface area contributed by atoms with Crippen LogP contribution in [-0.2, 0) is 12.8 Å². The average Bonchev–Trinajstić information content (AvgIpc) is 3.53. The maximum atomic E-state index is 4.75. The van der Waals surface area contributed by atoms with Crippen LogP contribution in [0.2, 0.25) is 0 Å². The van der Waals surface area contributed by atoms with Gasteiger partial charge in [-0.1, -0.05) is 54.6 Å². The van der Waals surface area contributed by atoms with Crippen LogP contribution in [0.5, 0.6) is 0 Å². The van der Waals surface area contributed by atoms with Crippen LogP contribution in [0.15, 0.2) is 122 Å². The van der Waals surface area contributed by atoms with Gasteiger partial charge in [0.05, 0.1) is 23.4 Å². The summed E-state index contributed by atoms with van der Waals surface area (Å²) in [4.78, 5) is 11.7. The lowest BCUT2D eigenvalue weighted by atomic mass is 10.0. The molecule has 0 radical (unpaired) electrons. The molecule has 5 nitrogen and oxygen atoms in total. The van der Waals surface area contributed by atoms with Gasteiger partial charge in [0.15, 0.2) is 0 Å². The fourth-order valence-electron chi connectivity index (χ4n) is 6.30. The predicted molar refractivity (Wildman–Crippen MR) is 165 cm³/mol. The maximum absolute atomic E-state index is 4.75. The van der Waals surface area contributed by atoms with Gasteiger partial charge in [0, 0.05) is 53.5 Å². The lowest BCUT2D eigenvalue weighted by molar-refractivity contribution is 0.496. The maximum Gasteiger partial charge on any atom is 0.137 e. The summed E-state index contributed by atoms with van der Waals surface area (Å²) in [5.74, 6) is 0.926. The minimum absolute atomic E-state index is 0.853. The van der Waals surface area contributed by atoms with Crippen molar-refractivity contribution in [2.24, 2.45) is 0 Å². The van der Waals surface area contributed by atoms with E-state index in [-0.39, 0.29) is 0 Å². The van der Waals surface area contributed by atoms with E-state index in [0.717, 1.165) is 42.0 Å². The van der Waals surface area contributed by atoms with Crippen molar-refractivity contribution in [1.29, 1.82) is 0 Å². The Morgan fingerprint density at radius 3 is 2.25 bits per heavy atom. The number of nitrogens with zero attached hydrogens (tertiary/aromatic N) is 5. The molecule has 4 aromatic carbocycles. The molecule has 0 amide bonds. The van der Waals surface area contributed by atoms with Gasteiger partial charge in [-0.25, -0.2) is 4.98 Å². The molecule has 6 aromatic rings. The monoisotopic (exact) mass is 519 g/mol. The number of aromatic nitrogens is 2. The molecule has 194 valence electrons. The molecular formula is C35H29N5. The Bertz CT molecular complexity index is 1920. The van der Waals surface area contributed by atoms with Crippen LogP contribution in [0.25, 0.3) is 27.6 Å². The van der Waals surface area contributed by atoms with E-state index in [4.69, 9.17) is 4.98 Å². The van der Waals surface area contributed by atoms with Crippen molar-refractivity contribution in [3.8, 4) is 5.82 Å². The topological polar surface area (TPSA) is 27.5 Å². The number of aryl methyl sites for hydroxylation is 2. The van der Waals surface area contributed by atoms with Gasteiger partial charge < -0.3 is 14.7 Å². The quantitative estimate of drug-likeness (QED) is 0.237. The molecule has 2 aliphatic rings. The van der Waals surface area contributed by atoms with E-state index >= 15 is 0 Å². The Labute approximate surface area is 233 Å². The molecule has 0 N–H and O–H groups in total. The molecule has 0 fully saturated rings. The van der Waals surface area contributed by atoms with Gasteiger partial charge in [-0.2, -0.15) is 0 Å². The second kappa shape index (κ2) is 9.02. The van der Waals surface area contributed by atoms with Gasteiger partial charge in [-0.15, -0.1) is 0 Å². The van der Waals surface area contributed by atoms with Gasteiger partial charge in [-0.3, -0.25) is 4.57 Å². The molecule has 0 atom stereocenters. The molecule has 2 aromatic heterocycles. The molecule has 40 heavy (non-hydrogen) atoms. The Hall–Kier alpha value is -5.03. The van der Waals surface area contributed by atoms with Crippen LogP contribution < -0.4 is 9.80 Å². The second-order valence-corrected chi connectivity index (χ2v) is 10.7. The molecule has 0 unspecified atom stereocenters. The van der Waals surface area contributed by atoms with Crippen molar-refractivity contribution >= 4 is 44.6 Å². The Morgan fingerprint density at radius 1 is 0.625 bits per heavy atom. The zero-order chi connectivity index (χ0) is 26.6. The molecule has 8 rings (SSSR count). The smallest absolute Gasteiger partial charge is 0.137 e. The molecule has 0 saturated carbocycles. The van der Waals surface area contributed by atoms with E-state index in [0.29, 0.717) is 0 Å².